The van der Waals surface area contributed by atoms with Gasteiger partial charge < -0.3 is 13.7 Å². The lowest BCUT2D eigenvalue weighted by Gasteiger charge is -2.21. The van der Waals surface area contributed by atoms with E-state index in [1.54, 1.807) is 0 Å². The first-order chi connectivity index (χ1) is 68.7. The normalized spacial score (nSPS) is 13.0. The van der Waals surface area contributed by atoms with E-state index >= 15 is 0 Å². The van der Waals surface area contributed by atoms with Crippen LogP contribution in [0.2, 0.25) is 0 Å². The Morgan fingerprint density at radius 3 is 0.979 bits per heavy atom. The molecule has 0 aliphatic heterocycles. The van der Waals surface area contributed by atoms with Crippen molar-refractivity contribution >= 4 is 65.4 Å². The van der Waals surface area contributed by atoms with Crippen molar-refractivity contribution in [2.75, 3.05) is 0 Å². The van der Waals surface area contributed by atoms with Gasteiger partial charge >= 0.3 is 0 Å². The van der Waals surface area contributed by atoms with Gasteiger partial charge in [0.15, 0.2) is 40.8 Å². The van der Waals surface area contributed by atoms with Crippen molar-refractivity contribution in [1.29, 1.82) is 5.26 Å². The number of nitriles is 1. The molecule has 0 saturated carbocycles. The van der Waals surface area contributed by atoms with Crippen LogP contribution in [0.5, 0.6) is 0 Å². The second kappa shape index (κ2) is 34.3. The summed E-state index contributed by atoms with van der Waals surface area (Å²) in [5, 5.41) is 17.1. The first-order valence-electron chi connectivity index (χ1n) is 47.7. The predicted molar refractivity (Wildman–Crippen MR) is 578 cm³/mol. The monoisotopic (exact) mass is 1810 g/mol. The predicted octanol–water partition coefficient (Wildman–Crippen LogP) is 31.9. The Kier molecular flexibility index (Phi) is 20.9. The van der Waals surface area contributed by atoms with Gasteiger partial charge in [0.05, 0.1) is 56.1 Å². The Hall–Kier alpha value is -18.1. The highest BCUT2D eigenvalue weighted by Gasteiger charge is 2.41. The van der Waals surface area contributed by atoms with Crippen LogP contribution in [0.3, 0.4) is 0 Å². The average molecular weight is 1810 g/mol. The van der Waals surface area contributed by atoms with Gasteiger partial charge in [-0.05, 0) is 147 Å². The zero-order valence-electron chi connectivity index (χ0n) is 77.9. The van der Waals surface area contributed by atoms with Crippen LogP contribution in [-0.4, -0.2) is 53.6 Å². The molecule has 0 unspecified atom stereocenters. The molecule has 0 N–H and O–H groups in total. The number of nitrogens with zero attached hydrogens (tertiary/aromatic N) is 12. The molecule has 670 valence electrons. The average Bonchev–Trinajstić information content (AvgIpc) is 1.54. The summed E-state index contributed by atoms with van der Waals surface area (Å²) < 4.78 is 7.24. The summed E-state index contributed by atoms with van der Waals surface area (Å²) in [6, 6.07) is 155. The van der Waals surface area contributed by atoms with Gasteiger partial charge in [-0.15, -0.1) is 0 Å². The lowest BCUT2D eigenvalue weighted by molar-refractivity contribution is 0.660. The number of hydrogen-bond acceptors (Lipinski definition) is 9. The van der Waals surface area contributed by atoms with Crippen molar-refractivity contribution in [1.82, 2.24) is 53.6 Å². The summed E-state index contributed by atoms with van der Waals surface area (Å²) >= 11 is 0. The topological polar surface area (TPSA) is 142 Å². The van der Waals surface area contributed by atoms with E-state index in [0.717, 1.165) is 84.0 Å². The van der Waals surface area contributed by atoms with Gasteiger partial charge in [-0.2, -0.15) is 5.26 Å². The Bertz CT molecular complexity index is 9030. The van der Waals surface area contributed by atoms with Gasteiger partial charge in [0.25, 0.3) is 0 Å². The number of rotatable bonds is 12. The highest BCUT2D eigenvalue weighted by Crippen LogP contribution is 2.57. The molecule has 12 nitrogen and oxygen atoms in total. The maximum absolute atomic E-state index is 9.59. The standard InChI is InChI=1S/C44H30N4.2C42H30N4.CH4/c1-44(2)35-20-8-6-18-33(35)41-36(44)22-23-40-42(41)34-19-7-9-21-39(34)48(40)32-17-11-16-31(25-32)43-46-37(29-13-4-3-5-14-29)26-38(47-43)30-15-10-12-28(24-30)27-45;1-42(2)34-22-11-9-21-33(34)37-35(42)25-24-32-31-20-10-12-23-36(31)46(38(32)37)30-19-13-18-29(26-30)41-44-39(27-14-5-3-6-15-27)43-40(45-41)28-16-7-4-8-17-28;1-42(2)34-19-11-9-18-33(34)37-35(42)26-25-32-31-17-10-12-20-36(31)46(38(32)37)30-23-21-29(22-24-30)41-44-39(27-13-5-3-6-14-27)43-40(45-41)28-15-7-4-8-16-28;/h3-26H,1-2H3;2*3-26H,1-2H3;1H4. The Balaban J connectivity index is 0.000000114. The number of hydrogen-bond donors (Lipinski definition) is 0. The number of para-hydroxylation sites is 3. The summed E-state index contributed by atoms with van der Waals surface area (Å²) in [5.74, 6) is 4.56. The Morgan fingerprint density at radius 2 is 0.532 bits per heavy atom. The van der Waals surface area contributed by atoms with Gasteiger partial charge in [-0.1, -0.05) is 395 Å². The fourth-order valence-electron chi connectivity index (χ4n) is 22.0. The van der Waals surface area contributed by atoms with Gasteiger partial charge in [0, 0.05) is 127 Å². The lowest BCUT2D eigenvalue weighted by Crippen LogP contribution is -2.14. The molecule has 27 rings (SSSR count). The van der Waals surface area contributed by atoms with Gasteiger partial charge in [-0.3, -0.25) is 0 Å². The van der Waals surface area contributed by atoms with Crippen molar-refractivity contribution < 1.29 is 0 Å². The lowest BCUT2D eigenvalue weighted by atomic mass is 9.82. The highest BCUT2D eigenvalue weighted by molar-refractivity contribution is 6.20. The zero-order valence-corrected chi connectivity index (χ0v) is 77.9. The smallest absolute Gasteiger partial charge is 0.164 e. The molecular weight excluding hydrogens is 1720 g/mol. The van der Waals surface area contributed by atoms with Crippen LogP contribution in [0.25, 0.3) is 218 Å². The zero-order chi connectivity index (χ0) is 94.1. The molecule has 0 fully saturated rings. The van der Waals surface area contributed by atoms with Gasteiger partial charge in [0.2, 0.25) is 0 Å². The fraction of sp³-hybridized carbons (Fsp3) is 0.0775. The van der Waals surface area contributed by atoms with E-state index in [1.807, 2.05) is 170 Å². The molecule has 3 aliphatic rings. The summed E-state index contributed by atoms with van der Waals surface area (Å²) in [5.41, 5.74) is 37.1. The van der Waals surface area contributed by atoms with Crippen LogP contribution in [0.15, 0.2) is 437 Å². The third kappa shape index (κ3) is 14.4. The van der Waals surface area contributed by atoms with Gasteiger partial charge in [0.1, 0.15) is 0 Å². The summed E-state index contributed by atoms with van der Waals surface area (Å²) in [6.45, 7) is 14.0. The van der Waals surface area contributed by atoms with E-state index in [0.29, 0.717) is 46.3 Å². The van der Waals surface area contributed by atoms with Crippen LogP contribution in [-0.2, 0) is 16.2 Å². The van der Waals surface area contributed by atoms with Crippen molar-refractivity contribution in [3.8, 4) is 159 Å². The first-order valence-corrected chi connectivity index (χ1v) is 47.7. The minimum atomic E-state index is -0.0875. The molecule has 0 atom stereocenters. The molecule has 141 heavy (non-hydrogen) atoms. The molecule has 0 spiro atoms. The van der Waals surface area contributed by atoms with Crippen LogP contribution in [0, 0.1) is 11.3 Å². The minimum absolute atomic E-state index is 0. The fourth-order valence-corrected chi connectivity index (χ4v) is 22.0. The van der Waals surface area contributed by atoms with Crippen molar-refractivity contribution in [3.05, 3.63) is 476 Å². The number of benzene rings is 18. The molecule has 6 aromatic heterocycles. The van der Waals surface area contributed by atoms with Crippen molar-refractivity contribution in [2.45, 2.75) is 65.2 Å². The summed E-state index contributed by atoms with van der Waals surface area (Å²) in [6.07, 6.45) is 0. The molecular formula is C129H94N12. The maximum atomic E-state index is 9.59. The Morgan fingerprint density at radius 1 is 0.213 bits per heavy atom. The van der Waals surface area contributed by atoms with Crippen LogP contribution in [0.1, 0.15) is 87.9 Å². The van der Waals surface area contributed by atoms with E-state index < -0.39 is 0 Å². The molecule has 12 heteroatoms. The van der Waals surface area contributed by atoms with E-state index in [-0.39, 0.29) is 23.7 Å². The third-order valence-electron chi connectivity index (χ3n) is 28.7. The van der Waals surface area contributed by atoms with Crippen molar-refractivity contribution in [3.63, 3.8) is 0 Å². The maximum Gasteiger partial charge on any atom is 0.164 e. The molecule has 24 aromatic rings. The molecule has 0 radical (unpaired) electrons. The number of fused-ring (bicyclic) bond motifs is 21. The largest absolute Gasteiger partial charge is 0.309 e. The second-order valence-electron chi connectivity index (χ2n) is 38.0. The molecule has 6 heterocycles. The highest BCUT2D eigenvalue weighted by atomic mass is 15.1. The second-order valence-corrected chi connectivity index (χ2v) is 38.0. The van der Waals surface area contributed by atoms with E-state index in [2.05, 4.69) is 328 Å². The number of aromatic nitrogens is 11. The van der Waals surface area contributed by atoms with E-state index in [4.69, 9.17) is 39.9 Å². The quantitative estimate of drug-likeness (QED) is 0.117. The summed E-state index contributed by atoms with van der Waals surface area (Å²) in [7, 11) is 0. The molecule has 0 bridgehead atoms. The SMILES string of the molecule is C.CC1(C)c2ccccc2-c2c1ccc1c2c2ccccc2n1-c1cccc(-c2nc(-c3ccccc3)cc(-c3cccc(C#N)c3)n2)c1.CC1(C)c2ccccc2-c2c1ccc1c3ccccc3n(-c3ccc(-c4nc(-c5ccccc5)nc(-c5ccccc5)n4)cc3)c21.CC1(C)c2ccccc2-c2c1ccc1c3ccccc3n(-c3cccc(-c4nc(-c5ccccc5)nc(-c5ccccc5)n4)c3)c21. The van der Waals surface area contributed by atoms with Crippen LogP contribution < -0.4 is 0 Å². The van der Waals surface area contributed by atoms with Gasteiger partial charge in [-0.25, -0.2) is 39.9 Å². The first kappa shape index (κ1) is 85.8. The summed E-state index contributed by atoms with van der Waals surface area (Å²) in [4.78, 5) is 39.9. The van der Waals surface area contributed by atoms with Crippen LogP contribution in [0.4, 0.5) is 0 Å². The molecule has 0 saturated heterocycles. The molecule has 18 aromatic carbocycles. The Labute approximate surface area is 818 Å². The van der Waals surface area contributed by atoms with E-state index in [9.17, 15) is 5.26 Å². The third-order valence-corrected chi connectivity index (χ3v) is 28.7. The van der Waals surface area contributed by atoms with E-state index in [1.165, 1.54) is 127 Å². The molecule has 0 amide bonds. The van der Waals surface area contributed by atoms with Crippen LogP contribution >= 0.6 is 0 Å². The van der Waals surface area contributed by atoms with Crippen molar-refractivity contribution in [2.24, 2.45) is 0 Å². The molecule has 3 aliphatic carbocycles. The minimum Gasteiger partial charge on any atom is -0.309 e.